The lowest BCUT2D eigenvalue weighted by molar-refractivity contribution is -0.468. The normalized spacial score (nSPS) is 10.7. The topological polar surface area (TPSA) is 125 Å². The predicted molar refractivity (Wildman–Crippen MR) is 129 cm³/mol. The molecule has 0 radical (unpaired) electrons. The molecule has 0 atom stereocenters. The molecule has 1 aromatic heterocycles. The number of aromatic nitrogens is 2. The Kier molecular flexibility index (Phi) is 8.00. The summed E-state index contributed by atoms with van der Waals surface area (Å²) in [6.45, 7) is 1.73. The van der Waals surface area contributed by atoms with Gasteiger partial charge in [0, 0.05) is 28.8 Å². The Balaban J connectivity index is 1.60. The number of methoxy groups -OCH3 is 3. The lowest BCUT2D eigenvalue weighted by Gasteiger charge is -2.16. The minimum atomic E-state index is -0.455. The van der Waals surface area contributed by atoms with Crippen LogP contribution >= 0.6 is 11.8 Å². The Morgan fingerprint density at radius 3 is 2.35 bits per heavy atom. The number of rotatable bonds is 10. The number of Topliss-reactive ketones (excluding diaryl/α,β-unsaturated/α-hetero) is 1. The quantitative estimate of drug-likeness (QED) is 0.263. The Hall–Kier alpha value is -3.73. The number of benzene rings is 2. The fourth-order valence-electron chi connectivity index (χ4n) is 3.45. The fraction of sp³-hybridized carbons (Fsp3) is 0.304. The van der Waals surface area contributed by atoms with Crippen LogP contribution in [0.4, 0.5) is 0 Å². The first-order valence-electron chi connectivity index (χ1n) is 10.3. The van der Waals surface area contributed by atoms with Crippen LogP contribution in [0.25, 0.3) is 11.0 Å². The van der Waals surface area contributed by atoms with E-state index < -0.39 is 5.78 Å². The summed E-state index contributed by atoms with van der Waals surface area (Å²) >= 11 is 1.25. The molecule has 1 N–H and O–H groups in total. The van der Waals surface area contributed by atoms with Crippen molar-refractivity contribution in [3.63, 3.8) is 0 Å². The molecule has 0 saturated carbocycles. The molecule has 34 heavy (non-hydrogen) atoms. The third-order valence-corrected chi connectivity index (χ3v) is 6.09. The first kappa shape index (κ1) is 24.9. The molecule has 0 aliphatic heterocycles. The number of hydrogen-bond acceptors (Lipinski definition) is 8. The summed E-state index contributed by atoms with van der Waals surface area (Å²) in [6.07, 6.45) is 0. The Labute approximate surface area is 200 Å². The number of amides is 1. The zero-order chi connectivity index (χ0) is 24.8. The number of ether oxygens (including phenoxy) is 3. The highest BCUT2D eigenvalue weighted by Crippen LogP contribution is 2.38. The molecule has 0 aliphatic rings. The van der Waals surface area contributed by atoms with Gasteiger partial charge >= 0.3 is 5.69 Å². The molecule has 0 saturated heterocycles. The molecule has 0 unspecified atom stereocenters. The summed E-state index contributed by atoms with van der Waals surface area (Å²) in [5.41, 5.74) is 0.537. The predicted octanol–water partition coefficient (Wildman–Crippen LogP) is 2.58. The number of carbonyl (C=O) groups is 2. The summed E-state index contributed by atoms with van der Waals surface area (Å²) in [5.74, 6) is 0.713. The van der Waals surface area contributed by atoms with Crippen LogP contribution in [0.5, 0.6) is 17.2 Å². The minimum absolute atomic E-state index is 0.0124. The first-order chi connectivity index (χ1) is 16.3. The van der Waals surface area contributed by atoms with Crippen LogP contribution in [-0.4, -0.2) is 55.8 Å². The second kappa shape index (κ2) is 10.9. The van der Waals surface area contributed by atoms with Gasteiger partial charge in [0.2, 0.25) is 11.5 Å². The van der Waals surface area contributed by atoms with Crippen molar-refractivity contribution in [1.29, 1.82) is 0 Å². The number of thioether (sulfide) groups is 1. The van der Waals surface area contributed by atoms with Gasteiger partial charge in [-0.15, -0.1) is 0 Å². The van der Waals surface area contributed by atoms with E-state index in [0.29, 0.717) is 37.7 Å². The van der Waals surface area contributed by atoms with Crippen molar-refractivity contribution in [2.45, 2.75) is 6.92 Å². The molecule has 180 valence electrons. The van der Waals surface area contributed by atoms with Crippen LogP contribution in [0.3, 0.4) is 0 Å². The average molecular weight is 488 g/mol. The van der Waals surface area contributed by atoms with E-state index in [1.54, 1.807) is 24.3 Å². The Bertz CT molecular complexity index is 1260. The van der Waals surface area contributed by atoms with E-state index in [1.165, 1.54) is 52.1 Å². The molecule has 1 amide bonds. The number of para-hydroxylation sites is 2. The number of fused-ring (bicyclic) bond motifs is 1. The van der Waals surface area contributed by atoms with Crippen molar-refractivity contribution in [2.75, 3.05) is 39.4 Å². The maximum Gasteiger partial charge on any atom is 0.325 e. The van der Waals surface area contributed by atoms with E-state index in [1.807, 2.05) is 0 Å². The molecule has 1 heterocycles. The van der Waals surface area contributed by atoms with Crippen molar-refractivity contribution in [2.24, 2.45) is 0 Å². The highest BCUT2D eigenvalue weighted by Gasteiger charge is 2.26. The summed E-state index contributed by atoms with van der Waals surface area (Å²) < 4.78 is 16.9. The Morgan fingerprint density at radius 2 is 1.74 bits per heavy atom. The van der Waals surface area contributed by atoms with E-state index in [0.717, 1.165) is 0 Å². The highest BCUT2D eigenvalue weighted by molar-refractivity contribution is 8.00. The molecule has 0 bridgehead atoms. The van der Waals surface area contributed by atoms with Crippen molar-refractivity contribution >= 4 is 34.5 Å². The smallest absolute Gasteiger partial charge is 0.325 e. The minimum Gasteiger partial charge on any atom is -0.805 e. The molecule has 0 spiro atoms. The molecule has 11 heteroatoms. The van der Waals surface area contributed by atoms with E-state index in [9.17, 15) is 19.7 Å². The largest absolute Gasteiger partial charge is 0.805 e. The maximum atomic E-state index is 12.7. The van der Waals surface area contributed by atoms with Crippen LogP contribution in [0.1, 0.15) is 26.5 Å². The summed E-state index contributed by atoms with van der Waals surface area (Å²) in [4.78, 5) is 37.9. The third kappa shape index (κ3) is 4.93. The number of carbonyl (C=O) groups excluding carboxylic acids is 2. The van der Waals surface area contributed by atoms with Gasteiger partial charge in [-0.1, -0.05) is 12.1 Å². The molecule has 10 nitrogen and oxygen atoms in total. The molecular formula is C23H25N3O7S. The summed E-state index contributed by atoms with van der Waals surface area (Å²) in [5, 5.41) is 15.2. The molecule has 3 rings (SSSR count). The number of hydrogen-bond donors (Lipinski definition) is 1. The Morgan fingerprint density at radius 1 is 1.09 bits per heavy atom. The van der Waals surface area contributed by atoms with Crippen LogP contribution < -0.4 is 24.0 Å². The summed E-state index contributed by atoms with van der Waals surface area (Å²) in [6, 6.07) is 9.40. The van der Waals surface area contributed by atoms with Gasteiger partial charge in [-0.3, -0.25) is 9.59 Å². The van der Waals surface area contributed by atoms with E-state index in [-0.39, 0.29) is 40.6 Å². The van der Waals surface area contributed by atoms with Gasteiger partial charge in [-0.05, 0) is 25.1 Å². The fourth-order valence-corrected chi connectivity index (χ4v) is 4.16. The SMILES string of the molecule is COc1cc(C(=O)NCCSCC(=O)c2c(C)n([O-])c3ccccc3[n+]2=O)cc(OC)c1OC. The van der Waals surface area contributed by atoms with Gasteiger partial charge in [-0.2, -0.15) is 11.8 Å². The number of ketones is 1. The average Bonchev–Trinajstić information content (AvgIpc) is 2.86. The van der Waals surface area contributed by atoms with Gasteiger partial charge in [0.1, 0.15) is 5.52 Å². The zero-order valence-corrected chi connectivity index (χ0v) is 20.1. The van der Waals surface area contributed by atoms with Gasteiger partial charge < -0.3 is 29.5 Å². The van der Waals surface area contributed by atoms with Gasteiger partial charge in [-0.25, -0.2) is 0 Å². The maximum absolute atomic E-state index is 12.7. The van der Waals surface area contributed by atoms with Gasteiger partial charge in [0.25, 0.3) is 11.4 Å². The van der Waals surface area contributed by atoms with Crippen LogP contribution in [0, 0.1) is 17.0 Å². The molecule has 3 aromatic rings. The lowest BCUT2D eigenvalue weighted by Crippen LogP contribution is -2.31. The van der Waals surface area contributed by atoms with E-state index in [4.69, 9.17) is 14.2 Å². The summed E-state index contributed by atoms with van der Waals surface area (Å²) in [7, 11) is 4.40. The second-order valence-corrected chi connectivity index (χ2v) is 8.26. The first-order valence-corrected chi connectivity index (χ1v) is 11.4. The van der Waals surface area contributed by atoms with Crippen molar-refractivity contribution in [1.82, 2.24) is 10.0 Å². The van der Waals surface area contributed by atoms with Crippen LogP contribution in [0.15, 0.2) is 36.4 Å². The molecule has 0 aliphatic carbocycles. The highest BCUT2D eigenvalue weighted by atomic mass is 32.2. The van der Waals surface area contributed by atoms with Crippen LogP contribution in [-0.2, 0) is 0 Å². The third-order valence-electron chi connectivity index (χ3n) is 5.13. The van der Waals surface area contributed by atoms with Crippen molar-refractivity contribution in [3.8, 4) is 17.2 Å². The van der Waals surface area contributed by atoms with E-state index in [2.05, 4.69) is 5.32 Å². The van der Waals surface area contributed by atoms with Crippen LogP contribution in [0.2, 0.25) is 0 Å². The monoisotopic (exact) mass is 487 g/mol. The van der Waals surface area contributed by atoms with Gasteiger partial charge in [0.05, 0.1) is 37.2 Å². The van der Waals surface area contributed by atoms with Crippen molar-refractivity contribution < 1.29 is 28.2 Å². The number of nitrogens with one attached hydrogen (secondary N) is 1. The molecule has 2 aromatic carbocycles. The van der Waals surface area contributed by atoms with E-state index >= 15 is 0 Å². The standard InChI is InChI=1S/C23H25N3O7S/c1-14-21(26(30)17-8-6-5-7-16(17)25(14)29)18(27)13-34-10-9-24-23(28)15-11-19(31-2)22(33-4)20(12-15)32-3/h5-8,11-12H,9-10,13H2,1-4H3,(H,24,28). The van der Waals surface area contributed by atoms with Crippen molar-refractivity contribution in [3.05, 3.63) is 63.5 Å². The second-order valence-electron chi connectivity index (χ2n) is 7.16. The van der Waals surface area contributed by atoms with Gasteiger partial charge in [0.15, 0.2) is 11.5 Å². The zero-order valence-electron chi connectivity index (χ0n) is 19.2. The molecule has 0 fully saturated rings. The number of nitrogens with zero attached hydrogens (tertiary/aromatic N) is 2. The lowest BCUT2D eigenvalue weighted by atomic mass is 10.1. The molecular weight excluding hydrogens is 462 g/mol.